The summed E-state index contributed by atoms with van der Waals surface area (Å²) in [7, 11) is 0. The zero-order valence-corrected chi connectivity index (χ0v) is 11.7. The second-order valence-corrected chi connectivity index (χ2v) is 5.45. The maximum absolute atomic E-state index is 10.5. The lowest BCUT2D eigenvalue weighted by atomic mass is 9.82. The van der Waals surface area contributed by atoms with Gasteiger partial charge in [-0.15, -0.1) is 0 Å². The molecule has 3 rings (SSSR count). The van der Waals surface area contributed by atoms with Gasteiger partial charge in [0.15, 0.2) is 0 Å². The number of nitrogens with zero attached hydrogens (tertiary/aromatic N) is 2. The molecule has 2 aromatic rings. The van der Waals surface area contributed by atoms with Crippen LogP contribution in [-0.2, 0) is 6.42 Å². The lowest BCUT2D eigenvalue weighted by Crippen LogP contribution is -2.22. The monoisotopic (exact) mass is 272 g/mol. The molecule has 0 amide bonds. The third kappa shape index (κ3) is 2.15. The molecular weight excluding hydrogens is 252 g/mol. The molecule has 0 fully saturated rings. The van der Waals surface area contributed by atoms with Gasteiger partial charge in [0, 0.05) is 12.2 Å². The first-order valence-corrected chi connectivity index (χ1v) is 7.15. The minimum Gasteiger partial charge on any atom is -0.396 e. The van der Waals surface area contributed by atoms with Crippen LogP contribution in [0.15, 0.2) is 30.3 Å². The third-order valence-electron chi connectivity index (χ3n) is 4.20. The zero-order valence-electron chi connectivity index (χ0n) is 11.7. The van der Waals surface area contributed by atoms with E-state index >= 15 is 0 Å². The molecule has 0 bridgehead atoms. The van der Waals surface area contributed by atoms with E-state index in [1.807, 2.05) is 41.9 Å². The highest BCUT2D eigenvalue weighted by Crippen LogP contribution is 2.38. The molecule has 2 N–H and O–H groups in total. The molecule has 106 valence electrons. The maximum Gasteiger partial charge on any atom is 0.0855 e. The smallest absolute Gasteiger partial charge is 0.0855 e. The van der Waals surface area contributed by atoms with Gasteiger partial charge in [0.2, 0.25) is 0 Å². The van der Waals surface area contributed by atoms with E-state index in [0.29, 0.717) is 6.42 Å². The fraction of sp³-hybridized carbons (Fsp3) is 0.438. The highest BCUT2D eigenvalue weighted by molar-refractivity contribution is 5.39. The molecule has 1 heterocycles. The standard InChI is InChI=1S/C16H20N2O2/c1-11-15-14(8-7-12(9-10-19)16(15)20)18(17-11)13-5-3-2-4-6-13/h2-6,12,16,19-20H,7-10H2,1H3. The summed E-state index contributed by atoms with van der Waals surface area (Å²) in [5.41, 5.74) is 3.98. The topological polar surface area (TPSA) is 58.3 Å². The van der Waals surface area contributed by atoms with Crippen molar-refractivity contribution in [3.05, 3.63) is 47.3 Å². The molecule has 4 nitrogen and oxygen atoms in total. The summed E-state index contributed by atoms with van der Waals surface area (Å²) >= 11 is 0. The van der Waals surface area contributed by atoms with Crippen LogP contribution in [0.3, 0.4) is 0 Å². The van der Waals surface area contributed by atoms with Crippen LogP contribution in [0, 0.1) is 12.8 Å². The van der Waals surface area contributed by atoms with Crippen molar-refractivity contribution in [3.8, 4) is 5.69 Å². The molecule has 1 aliphatic rings. The van der Waals surface area contributed by atoms with Gasteiger partial charge < -0.3 is 10.2 Å². The van der Waals surface area contributed by atoms with E-state index in [1.165, 1.54) is 0 Å². The van der Waals surface area contributed by atoms with Crippen molar-refractivity contribution in [3.63, 3.8) is 0 Å². The molecule has 2 unspecified atom stereocenters. The van der Waals surface area contributed by atoms with Crippen molar-refractivity contribution < 1.29 is 10.2 Å². The minimum absolute atomic E-state index is 0.128. The second kappa shape index (κ2) is 5.38. The van der Waals surface area contributed by atoms with E-state index in [2.05, 4.69) is 5.10 Å². The van der Waals surface area contributed by atoms with E-state index in [9.17, 15) is 5.11 Å². The fourth-order valence-corrected chi connectivity index (χ4v) is 3.18. The number of hydrogen-bond acceptors (Lipinski definition) is 3. The van der Waals surface area contributed by atoms with Crippen molar-refractivity contribution in [2.75, 3.05) is 6.61 Å². The molecule has 0 aliphatic heterocycles. The van der Waals surface area contributed by atoms with Gasteiger partial charge in [-0.3, -0.25) is 0 Å². The maximum atomic E-state index is 10.5. The molecule has 0 saturated carbocycles. The van der Waals surface area contributed by atoms with E-state index in [0.717, 1.165) is 35.5 Å². The molecule has 1 aliphatic carbocycles. The largest absolute Gasteiger partial charge is 0.396 e. The molecule has 0 spiro atoms. The number of aromatic nitrogens is 2. The number of benzene rings is 1. The summed E-state index contributed by atoms with van der Waals surface area (Å²) in [5.74, 6) is 0.139. The van der Waals surface area contributed by atoms with E-state index in [4.69, 9.17) is 5.11 Å². The Kier molecular flexibility index (Phi) is 3.59. The third-order valence-corrected chi connectivity index (χ3v) is 4.20. The Morgan fingerprint density at radius 3 is 2.75 bits per heavy atom. The molecule has 20 heavy (non-hydrogen) atoms. The number of aliphatic hydroxyl groups is 2. The summed E-state index contributed by atoms with van der Waals surface area (Å²) in [5, 5.41) is 24.2. The van der Waals surface area contributed by atoms with Gasteiger partial charge in [0.05, 0.1) is 23.2 Å². The van der Waals surface area contributed by atoms with Crippen molar-refractivity contribution >= 4 is 0 Å². The van der Waals surface area contributed by atoms with Gasteiger partial charge in [0.25, 0.3) is 0 Å². The van der Waals surface area contributed by atoms with Crippen LogP contribution in [0.2, 0.25) is 0 Å². The van der Waals surface area contributed by atoms with Crippen molar-refractivity contribution in [1.29, 1.82) is 0 Å². The summed E-state index contributed by atoms with van der Waals surface area (Å²) in [4.78, 5) is 0. The molecule has 0 saturated heterocycles. The van der Waals surface area contributed by atoms with Crippen LogP contribution in [0.25, 0.3) is 5.69 Å². The Bertz CT molecular complexity index is 592. The quantitative estimate of drug-likeness (QED) is 0.900. The van der Waals surface area contributed by atoms with E-state index in [-0.39, 0.29) is 12.5 Å². The van der Waals surface area contributed by atoms with Crippen molar-refractivity contribution in [2.24, 2.45) is 5.92 Å². The molecular formula is C16H20N2O2. The van der Waals surface area contributed by atoms with Crippen LogP contribution in [0.4, 0.5) is 0 Å². The van der Waals surface area contributed by atoms with Crippen LogP contribution in [0.1, 0.15) is 35.9 Å². The average Bonchev–Trinajstić information content (AvgIpc) is 2.81. The van der Waals surface area contributed by atoms with E-state index in [1.54, 1.807) is 0 Å². The van der Waals surface area contributed by atoms with Gasteiger partial charge in [-0.1, -0.05) is 18.2 Å². The number of rotatable bonds is 3. The lowest BCUT2D eigenvalue weighted by molar-refractivity contribution is 0.0750. The van der Waals surface area contributed by atoms with E-state index < -0.39 is 6.10 Å². The normalized spacial score (nSPS) is 21.8. The first-order valence-electron chi connectivity index (χ1n) is 7.15. The van der Waals surface area contributed by atoms with Gasteiger partial charge >= 0.3 is 0 Å². The number of aryl methyl sites for hydroxylation is 1. The Morgan fingerprint density at radius 1 is 1.30 bits per heavy atom. The van der Waals surface area contributed by atoms with Crippen molar-refractivity contribution in [1.82, 2.24) is 9.78 Å². The Labute approximate surface area is 118 Å². The van der Waals surface area contributed by atoms with Crippen LogP contribution < -0.4 is 0 Å². The van der Waals surface area contributed by atoms with Crippen molar-refractivity contribution in [2.45, 2.75) is 32.3 Å². The zero-order chi connectivity index (χ0) is 14.1. The van der Waals surface area contributed by atoms with Gasteiger partial charge in [0.1, 0.15) is 0 Å². The SMILES string of the molecule is Cc1nn(-c2ccccc2)c2c1C(O)C(CCO)CC2. The minimum atomic E-state index is -0.511. The fourth-order valence-electron chi connectivity index (χ4n) is 3.18. The molecule has 0 radical (unpaired) electrons. The first-order chi connectivity index (χ1) is 9.72. The molecule has 2 atom stereocenters. The van der Waals surface area contributed by atoms with Gasteiger partial charge in [-0.05, 0) is 44.2 Å². The number of para-hydroxylation sites is 1. The molecule has 1 aromatic carbocycles. The highest BCUT2D eigenvalue weighted by Gasteiger charge is 2.32. The van der Waals surface area contributed by atoms with Crippen LogP contribution >= 0.6 is 0 Å². The molecule has 1 aromatic heterocycles. The predicted molar refractivity (Wildman–Crippen MR) is 76.8 cm³/mol. The van der Waals surface area contributed by atoms with Gasteiger partial charge in [-0.2, -0.15) is 5.10 Å². The predicted octanol–water partition coefficient (Wildman–Crippen LogP) is 2.16. The summed E-state index contributed by atoms with van der Waals surface area (Å²) < 4.78 is 1.95. The first kappa shape index (κ1) is 13.3. The summed E-state index contributed by atoms with van der Waals surface area (Å²) in [6, 6.07) is 10.0. The number of fused-ring (bicyclic) bond motifs is 1. The summed E-state index contributed by atoms with van der Waals surface area (Å²) in [6.45, 7) is 2.08. The Balaban J connectivity index is 2.03. The second-order valence-electron chi connectivity index (χ2n) is 5.45. The number of aliphatic hydroxyl groups excluding tert-OH is 2. The Hall–Kier alpha value is -1.65. The summed E-state index contributed by atoms with van der Waals surface area (Å²) in [6.07, 6.45) is 1.93. The van der Waals surface area contributed by atoms with Crippen LogP contribution in [0.5, 0.6) is 0 Å². The Morgan fingerprint density at radius 2 is 2.05 bits per heavy atom. The number of hydrogen-bond donors (Lipinski definition) is 2. The molecule has 4 heteroatoms. The average molecular weight is 272 g/mol. The lowest BCUT2D eigenvalue weighted by Gasteiger charge is -2.28. The van der Waals surface area contributed by atoms with Gasteiger partial charge in [-0.25, -0.2) is 4.68 Å². The van der Waals surface area contributed by atoms with Crippen LogP contribution in [-0.4, -0.2) is 26.6 Å². The highest BCUT2D eigenvalue weighted by atomic mass is 16.3.